The van der Waals surface area contributed by atoms with Gasteiger partial charge in [-0.2, -0.15) is 0 Å². The highest BCUT2D eigenvalue weighted by Gasteiger charge is 2.22. The van der Waals surface area contributed by atoms with Crippen molar-refractivity contribution in [1.29, 1.82) is 0 Å². The van der Waals surface area contributed by atoms with Crippen molar-refractivity contribution in [1.82, 2.24) is 15.2 Å². The Hall–Kier alpha value is -2.30. The first kappa shape index (κ1) is 14.1. The number of carbonyl (C=O) groups excluding carboxylic acids is 2. The first-order valence-corrected chi connectivity index (χ1v) is 6.52. The number of fused-ring (bicyclic) bond motifs is 1. The van der Waals surface area contributed by atoms with Crippen molar-refractivity contribution in [3.8, 4) is 0 Å². The molecule has 20 heavy (non-hydrogen) atoms. The van der Waals surface area contributed by atoms with Crippen molar-refractivity contribution in [2.45, 2.75) is 19.4 Å². The molecule has 0 fully saturated rings. The van der Waals surface area contributed by atoms with Gasteiger partial charge < -0.3 is 15.2 Å². The molecule has 2 rings (SSSR count). The third kappa shape index (κ3) is 2.99. The van der Waals surface area contributed by atoms with E-state index < -0.39 is 6.04 Å². The Labute approximate surface area is 118 Å². The molecule has 0 spiro atoms. The molecule has 0 aliphatic heterocycles. The number of rotatable bonds is 4. The summed E-state index contributed by atoms with van der Waals surface area (Å²) in [5, 5.41) is 3.80. The number of nitrogens with zero attached hydrogens (tertiary/aromatic N) is 1. The molecule has 0 radical (unpaired) electrons. The molecule has 106 valence electrons. The summed E-state index contributed by atoms with van der Waals surface area (Å²) in [5.41, 5.74) is 2.07. The highest BCUT2D eigenvalue weighted by Crippen LogP contribution is 2.19. The van der Waals surface area contributed by atoms with Gasteiger partial charge in [-0.1, -0.05) is 12.1 Å². The zero-order valence-corrected chi connectivity index (χ0v) is 11.9. The number of H-pyrrole nitrogens is 1. The van der Waals surface area contributed by atoms with Gasteiger partial charge in [0.25, 0.3) is 0 Å². The normalized spacial score (nSPS) is 12.2. The summed E-state index contributed by atoms with van der Waals surface area (Å²) in [5.74, 6) is -0.306. The predicted molar refractivity (Wildman–Crippen MR) is 78.3 cm³/mol. The van der Waals surface area contributed by atoms with Crippen LogP contribution in [0.15, 0.2) is 30.5 Å². The lowest BCUT2D eigenvalue weighted by molar-refractivity contribution is -0.133. The zero-order valence-electron chi connectivity index (χ0n) is 11.9. The zero-order chi connectivity index (χ0) is 14.7. The van der Waals surface area contributed by atoms with Crippen molar-refractivity contribution < 1.29 is 9.59 Å². The molecule has 1 aromatic carbocycles. The molecule has 1 aromatic heterocycles. The lowest BCUT2D eigenvalue weighted by Gasteiger charge is -2.21. The van der Waals surface area contributed by atoms with E-state index in [0.29, 0.717) is 6.42 Å². The number of carbonyl (C=O) groups is 2. The van der Waals surface area contributed by atoms with E-state index in [2.05, 4.69) is 10.3 Å². The number of aromatic amines is 1. The molecule has 0 saturated heterocycles. The quantitative estimate of drug-likeness (QED) is 0.882. The molecule has 5 heteroatoms. The fourth-order valence-corrected chi connectivity index (χ4v) is 2.31. The van der Waals surface area contributed by atoms with Crippen LogP contribution in [0, 0.1) is 0 Å². The minimum Gasteiger partial charge on any atom is -0.361 e. The number of benzene rings is 1. The van der Waals surface area contributed by atoms with Crippen LogP contribution in [-0.4, -0.2) is 41.8 Å². The maximum absolute atomic E-state index is 12.2. The van der Waals surface area contributed by atoms with Gasteiger partial charge in [-0.15, -0.1) is 0 Å². The molecule has 0 bridgehead atoms. The van der Waals surface area contributed by atoms with Crippen LogP contribution in [-0.2, 0) is 16.0 Å². The number of likely N-dealkylation sites (N-methyl/N-ethyl adjacent to an activating group) is 1. The van der Waals surface area contributed by atoms with Crippen molar-refractivity contribution in [3.63, 3.8) is 0 Å². The summed E-state index contributed by atoms with van der Waals surface area (Å²) in [6, 6.07) is 7.35. The Kier molecular flexibility index (Phi) is 4.08. The molecule has 2 amide bonds. The minimum atomic E-state index is -0.539. The topological polar surface area (TPSA) is 65.2 Å². The van der Waals surface area contributed by atoms with Gasteiger partial charge in [-0.05, 0) is 17.7 Å². The minimum absolute atomic E-state index is 0.104. The van der Waals surface area contributed by atoms with Crippen LogP contribution in [0.3, 0.4) is 0 Å². The van der Waals surface area contributed by atoms with E-state index in [-0.39, 0.29) is 11.8 Å². The van der Waals surface area contributed by atoms with Gasteiger partial charge in [0.2, 0.25) is 11.8 Å². The average Bonchev–Trinajstić information content (AvgIpc) is 2.85. The number of hydrogen-bond acceptors (Lipinski definition) is 2. The second kappa shape index (κ2) is 5.77. The Balaban J connectivity index is 2.29. The number of nitrogens with one attached hydrogen (secondary N) is 2. The molecule has 0 saturated carbocycles. The third-order valence-corrected chi connectivity index (χ3v) is 3.23. The monoisotopic (exact) mass is 273 g/mol. The molecule has 5 nitrogen and oxygen atoms in total. The summed E-state index contributed by atoms with van der Waals surface area (Å²) >= 11 is 0. The first-order chi connectivity index (χ1) is 9.49. The molecule has 2 aromatic rings. The van der Waals surface area contributed by atoms with Gasteiger partial charge in [0.1, 0.15) is 6.04 Å². The molecule has 1 atom stereocenters. The van der Waals surface area contributed by atoms with E-state index in [1.54, 1.807) is 14.1 Å². The lowest BCUT2D eigenvalue weighted by atomic mass is 10.0. The summed E-state index contributed by atoms with van der Waals surface area (Å²) in [7, 11) is 3.38. The second-order valence-corrected chi connectivity index (χ2v) is 5.05. The SMILES string of the molecule is CC(=O)NC(Cc1cccc2[nH]ccc12)C(=O)N(C)C. The van der Waals surface area contributed by atoms with Gasteiger partial charge in [-0.3, -0.25) is 9.59 Å². The van der Waals surface area contributed by atoms with Crippen LogP contribution in [0.1, 0.15) is 12.5 Å². The van der Waals surface area contributed by atoms with Gasteiger partial charge in [0, 0.05) is 44.5 Å². The number of aromatic nitrogens is 1. The van der Waals surface area contributed by atoms with Crippen molar-refractivity contribution >= 4 is 22.7 Å². The highest BCUT2D eigenvalue weighted by molar-refractivity contribution is 5.88. The predicted octanol–water partition coefficient (Wildman–Crippen LogP) is 1.30. The van der Waals surface area contributed by atoms with Crippen molar-refractivity contribution in [2.24, 2.45) is 0 Å². The van der Waals surface area contributed by atoms with Crippen LogP contribution in [0.5, 0.6) is 0 Å². The standard InChI is InChI=1S/C15H19N3O2/c1-10(19)17-14(15(20)18(2)3)9-11-5-4-6-13-12(11)7-8-16-13/h4-8,14,16H,9H2,1-3H3,(H,17,19). The summed E-state index contributed by atoms with van der Waals surface area (Å²) in [6.45, 7) is 1.42. The Morgan fingerprint density at radius 2 is 2.05 bits per heavy atom. The second-order valence-electron chi connectivity index (χ2n) is 5.05. The van der Waals surface area contributed by atoms with Crippen LogP contribution < -0.4 is 5.32 Å². The Bertz CT molecular complexity index is 631. The van der Waals surface area contributed by atoms with Crippen molar-refractivity contribution in [3.05, 3.63) is 36.0 Å². The summed E-state index contributed by atoms with van der Waals surface area (Å²) < 4.78 is 0. The molecule has 1 unspecified atom stereocenters. The largest absolute Gasteiger partial charge is 0.361 e. The van der Waals surface area contributed by atoms with E-state index in [1.165, 1.54) is 11.8 Å². The van der Waals surface area contributed by atoms with E-state index in [0.717, 1.165) is 16.5 Å². The van der Waals surface area contributed by atoms with Gasteiger partial charge in [0.15, 0.2) is 0 Å². The van der Waals surface area contributed by atoms with Crippen LogP contribution >= 0.6 is 0 Å². The highest BCUT2D eigenvalue weighted by atomic mass is 16.2. The fourth-order valence-electron chi connectivity index (χ4n) is 2.31. The molecular weight excluding hydrogens is 254 g/mol. The lowest BCUT2D eigenvalue weighted by Crippen LogP contribution is -2.46. The smallest absolute Gasteiger partial charge is 0.244 e. The number of amides is 2. The molecule has 0 aliphatic rings. The van der Waals surface area contributed by atoms with E-state index in [1.807, 2.05) is 30.5 Å². The molecular formula is C15H19N3O2. The first-order valence-electron chi connectivity index (χ1n) is 6.52. The fraction of sp³-hybridized carbons (Fsp3) is 0.333. The van der Waals surface area contributed by atoms with Gasteiger partial charge in [0.05, 0.1) is 0 Å². The Morgan fingerprint density at radius 3 is 2.70 bits per heavy atom. The van der Waals surface area contributed by atoms with Crippen LogP contribution in [0.4, 0.5) is 0 Å². The number of hydrogen-bond donors (Lipinski definition) is 2. The molecule has 2 N–H and O–H groups in total. The summed E-state index contributed by atoms with van der Waals surface area (Å²) in [4.78, 5) is 28.1. The maximum atomic E-state index is 12.2. The summed E-state index contributed by atoms with van der Waals surface area (Å²) in [6.07, 6.45) is 2.35. The van der Waals surface area contributed by atoms with Crippen LogP contribution in [0.2, 0.25) is 0 Å². The average molecular weight is 273 g/mol. The molecule has 1 heterocycles. The maximum Gasteiger partial charge on any atom is 0.244 e. The van der Waals surface area contributed by atoms with Gasteiger partial charge in [-0.25, -0.2) is 0 Å². The van der Waals surface area contributed by atoms with Crippen LogP contribution in [0.25, 0.3) is 10.9 Å². The van der Waals surface area contributed by atoms with E-state index in [4.69, 9.17) is 0 Å². The van der Waals surface area contributed by atoms with E-state index in [9.17, 15) is 9.59 Å². The third-order valence-electron chi connectivity index (χ3n) is 3.23. The van der Waals surface area contributed by atoms with Gasteiger partial charge >= 0.3 is 0 Å². The van der Waals surface area contributed by atoms with E-state index >= 15 is 0 Å². The molecule has 0 aliphatic carbocycles. The Morgan fingerprint density at radius 1 is 1.30 bits per heavy atom. The van der Waals surface area contributed by atoms with Crippen molar-refractivity contribution in [2.75, 3.05) is 14.1 Å².